The minimum absolute atomic E-state index is 0.0734. The van der Waals surface area contributed by atoms with Gasteiger partial charge in [0.15, 0.2) is 0 Å². The summed E-state index contributed by atoms with van der Waals surface area (Å²) in [4.78, 5) is 16.0. The summed E-state index contributed by atoms with van der Waals surface area (Å²) < 4.78 is 10.1. The van der Waals surface area contributed by atoms with Crippen LogP contribution < -0.4 is 10.2 Å². The molecule has 0 unspecified atom stereocenters. The van der Waals surface area contributed by atoms with Crippen LogP contribution in [0.1, 0.15) is 12.0 Å². The van der Waals surface area contributed by atoms with Crippen molar-refractivity contribution >= 4 is 5.97 Å². The fourth-order valence-corrected chi connectivity index (χ4v) is 1.29. The summed E-state index contributed by atoms with van der Waals surface area (Å²) in [6.07, 6.45) is 0.0734. The Morgan fingerprint density at radius 2 is 1.94 bits per heavy atom. The Balaban J connectivity index is 2.35. The van der Waals surface area contributed by atoms with Gasteiger partial charge in [0.25, 0.3) is 0 Å². The Morgan fingerprint density at radius 3 is 2.50 bits per heavy atom. The molecule has 0 aliphatic heterocycles. The van der Waals surface area contributed by atoms with Gasteiger partial charge in [0.2, 0.25) is 0 Å². The standard InChI is InChI=1S/C13H17NO4/c1-10(14-17-3)8-13(15)18-9-11-4-6-12(16-2)7-5-11/h4-7,14H,1,8-9H2,2-3H3. The first-order valence-corrected chi connectivity index (χ1v) is 5.41. The molecule has 0 heterocycles. The first-order chi connectivity index (χ1) is 8.65. The molecule has 0 saturated carbocycles. The summed E-state index contributed by atoms with van der Waals surface area (Å²) in [5.41, 5.74) is 3.83. The highest BCUT2D eigenvalue weighted by atomic mass is 16.6. The number of hydroxylamine groups is 1. The van der Waals surface area contributed by atoms with Gasteiger partial charge in [-0.1, -0.05) is 18.7 Å². The van der Waals surface area contributed by atoms with Crippen molar-refractivity contribution in [3.8, 4) is 5.75 Å². The van der Waals surface area contributed by atoms with Crippen molar-refractivity contribution in [1.29, 1.82) is 0 Å². The number of rotatable bonds is 7. The maximum atomic E-state index is 11.4. The van der Waals surface area contributed by atoms with Crippen LogP contribution in [0.25, 0.3) is 0 Å². The van der Waals surface area contributed by atoms with Gasteiger partial charge < -0.3 is 9.47 Å². The molecule has 5 heteroatoms. The third-order valence-corrected chi connectivity index (χ3v) is 2.16. The van der Waals surface area contributed by atoms with Crippen molar-refractivity contribution in [2.45, 2.75) is 13.0 Å². The number of methoxy groups -OCH3 is 1. The van der Waals surface area contributed by atoms with E-state index in [4.69, 9.17) is 9.47 Å². The molecule has 1 rings (SSSR count). The molecule has 0 saturated heterocycles. The van der Waals surface area contributed by atoms with Crippen molar-refractivity contribution in [3.05, 3.63) is 42.1 Å². The molecule has 5 nitrogen and oxygen atoms in total. The van der Waals surface area contributed by atoms with Gasteiger partial charge in [-0.15, -0.1) is 0 Å². The van der Waals surface area contributed by atoms with Crippen molar-refractivity contribution in [2.75, 3.05) is 14.2 Å². The third kappa shape index (κ3) is 4.88. The Kier molecular flexibility index (Phi) is 5.73. The quantitative estimate of drug-likeness (QED) is 0.591. The second kappa shape index (κ2) is 7.34. The van der Waals surface area contributed by atoms with E-state index in [0.29, 0.717) is 5.70 Å². The van der Waals surface area contributed by atoms with E-state index in [1.54, 1.807) is 7.11 Å². The number of hydrogen-bond acceptors (Lipinski definition) is 5. The van der Waals surface area contributed by atoms with Gasteiger partial charge in [0, 0.05) is 5.70 Å². The summed E-state index contributed by atoms with van der Waals surface area (Å²) in [5, 5.41) is 0. The molecule has 0 aromatic heterocycles. The second-order valence-electron chi connectivity index (χ2n) is 3.60. The Hall–Kier alpha value is -2.01. The molecular formula is C13H17NO4. The molecule has 0 spiro atoms. The average Bonchev–Trinajstić information content (AvgIpc) is 2.37. The van der Waals surface area contributed by atoms with Crippen LogP contribution in [0.2, 0.25) is 0 Å². The molecule has 1 N–H and O–H groups in total. The first kappa shape index (κ1) is 14.1. The molecule has 1 aromatic carbocycles. The Labute approximate surface area is 106 Å². The highest BCUT2D eigenvalue weighted by molar-refractivity contribution is 5.72. The van der Waals surface area contributed by atoms with Crippen LogP contribution in [0.4, 0.5) is 0 Å². The monoisotopic (exact) mass is 251 g/mol. The van der Waals surface area contributed by atoms with Crippen LogP contribution in [-0.4, -0.2) is 20.2 Å². The lowest BCUT2D eigenvalue weighted by Gasteiger charge is -2.08. The number of ether oxygens (including phenoxy) is 2. The molecule has 0 amide bonds. The van der Waals surface area contributed by atoms with E-state index in [2.05, 4.69) is 16.9 Å². The number of nitrogens with one attached hydrogen (secondary N) is 1. The normalized spacial score (nSPS) is 9.67. The minimum Gasteiger partial charge on any atom is -0.497 e. The zero-order valence-corrected chi connectivity index (χ0v) is 10.6. The van der Waals surface area contributed by atoms with Crippen molar-refractivity contribution < 1.29 is 19.1 Å². The lowest BCUT2D eigenvalue weighted by atomic mass is 10.2. The highest BCUT2D eigenvalue weighted by Crippen LogP contribution is 2.12. The van der Waals surface area contributed by atoms with Gasteiger partial charge in [-0.2, -0.15) is 0 Å². The Morgan fingerprint density at radius 1 is 1.28 bits per heavy atom. The number of carbonyl (C=O) groups excluding carboxylic acids is 1. The van der Waals surface area contributed by atoms with Crippen molar-refractivity contribution in [1.82, 2.24) is 5.48 Å². The van der Waals surface area contributed by atoms with Crippen molar-refractivity contribution in [2.24, 2.45) is 0 Å². The van der Waals surface area contributed by atoms with Gasteiger partial charge in [0.05, 0.1) is 20.6 Å². The average molecular weight is 251 g/mol. The number of hydrogen-bond donors (Lipinski definition) is 1. The Bertz CT molecular complexity index is 400. The van der Waals surface area contributed by atoms with Gasteiger partial charge in [-0.25, -0.2) is 0 Å². The molecule has 0 atom stereocenters. The van der Waals surface area contributed by atoms with Gasteiger partial charge >= 0.3 is 5.97 Å². The van der Waals surface area contributed by atoms with Crippen LogP contribution in [0, 0.1) is 0 Å². The third-order valence-electron chi connectivity index (χ3n) is 2.16. The van der Waals surface area contributed by atoms with Gasteiger partial charge in [0.1, 0.15) is 12.4 Å². The molecule has 0 bridgehead atoms. The number of carbonyl (C=O) groups is 1. The highest BCUT2D eigenvalue weighted by Gasteiger charge is 2.06. The fraction of sp³-hybridized carbons (Fsp3) is 0.308. The summed E-state index contributed by atoms with van der Waals surface area (Å²) in [6, 6.07) is 7.31. The van der Waals surface area contributed by atoms with Crippen LogP contribution in [-0.2, 0) is 21.0 Å². The molecule has 1 aromatic rings. The zero-order chi connectivity index (χ0) is 13.4. The van der Waals surface area contributed by atoms with Crippen LogP contribution >= 0.6 is 0 Å². The fourth-order valence-electron chi connectivity index (χ4n) is 1.29. The van der Waals surface area contributed by atoms with Crippen LogP contribution in [0.15, 0.2) is 36.5 Å². The topological polar surface area (TPSA) is 56.8 Å². The second-order valence-corrected chi connectivity index (χ2v) is 3.60. The van der Waals surface area contributed by atoms with E-state index < -0.39 is 0 Å². The van der Waals surface area contributed by atoms with E-state index >= 15 is 0 Å². The predicted octanol–water partition coefficient (Wildman–Crippen LogP) is 1.79. The summed E-state index contributed by atoms with van der Waals surface area (Å²) in [7, 11) is 3.05. The molecular weight excluding hydrogens is 234 g/mol. The van der Waals surface area contributed by atoms with Crippen molar-refractivity contribution in [3.63, 3.8) is 0 Å². The van der Waals surface area contributed by atoms with Crippen LogP contribution in [0.5, 0.6) is 5.75 Å². The molecule has 18 heavy (non-hydrogen) atoms. The molecule has 0 fully saturated rings. The lowest BCUT2D eigenvalue weighted by molar-refractivity contribution is -0.144. The molecule has 0 radical (unpaired) electrons. The molecule has 98 valence electrons. The maximum Gasteiger partial charge on any atom is 0.312 e. The SMILES string of the molecule is C=C(CC(=O)OCc1ccc(OC)cc1)NOC. The van der Waals surface area contributed by atoms with Gasteiger partial charge in [-0.3, -0.25) is 15.1 Å². The number of esters is 1. The first-order valence-electron chi connectivity index (χ1n) is 5.41. The smallest absolute Gasteiger partial charge is 0.312 e. The van der Waals surface area contributed by atoms with Gasteiger partial charge in [-0.05, 0) is 17.7 Å². The summed E-state index contributed by atoms with van der Waals surface area (Å²) in [6.45, 7) is 3.83. The molecule has 0 aliphatic carbocycles. The van der Waals surface area contributed by atoms with E-state index in [1.165, 1.54) is 7.11 Å². The van der Waals surface area contributed by atoms with E-state index in [0.717, 1.165) is 11.3 Å². The predicted molar refractivity (Wildman–Crippen MR) is 66.7 cm³/mol. The minimum atomic E-state index is -0.361. The summed E-state index contributed by atoms with van der Waals surface area (Å²) in [5.74, 6) is 0.406. The summed E-state index contributed by atoms with van der Waals surface area (Å²) >= 11 is 0. The van der Waals surface area contributed by atoms with E-state index in [9.17, 15) is 4.79 Å². The lowest BCUT2D eigenvalue weighted by Crippen LogP contribution is -2.15. The number of benzene rings is 1. The van der Waals surface area contributed by atoms with Crippen LogP contribution in [0.3, 0.4) is 0 Å². The largest absolute Gasteiger partial charge is 0.497 e. The zero-order valence-electron chi connectivity index (χ0n) is 10.6. The van der Waals surface area contributed by atoms with E-state index in [1.807, 2.05) is 24.3 Å². The molecule has 0 aliphatic rings. The van der Waals surface area contributed by atoms with E-state index in [-0.39, 0.29) is 19.0 Å². The maximum absolute atomic E-state index is 11.4.